The molecule has 92 valence electrons. The topological polar surface area (TPSA) is 48.7 Å². The van der Waals surface area contributed by atoms with Crippen molar-refractivity contribution in [3.63, 3.8) is 0 Å². The van der Waals surface area contributed by atoms with Crippen LogP contribution in [0, 0.1) is 22.7 Å². The third kappa shape index (κ3) is 4.86. The number of aromatic nitrogens is 1. The van der Waals surface area contributed by atoms with Gasteiger partial charge in [0.25, 0.3) is 0 Å². The molecule has 0 aliphatic rings. The van der Waals surface area contributed by atoms with E-state index in [-0.39, 0.29) is 5.41 Å². The van der Waals surface area contributed by atoms with Crippen LogP contribution in [0.4, 0.5) is 5.82 Å². The molecule has 0 aromatic carbocycles. The molecule has 3 nitrogen and oxygen atoms in total. The van der Waals surface area contributed by atoms with E-state index in [1.165, 1.54) is 0 Å². The Balaban J connectivity index is 2.58. The van der Waals surface area contributed by atoms with Crippen LogP contribution in [0.15, 0.2) is 18.2 Å². The molecule has 1 aromatic rings. The number of nitrogens with one attached hydrogen (secondary N) is 1. The van der Waals surface area contributed by atoms with E-state index >= 15 is 0 Å². The molecule has 1 heterocycles. The van der Waals surface area contributed by atoms with Gasteiger partial charge in [-0.1, -0.05) is 33.8 Å². The van der Waals surface area contributed by atoms with Gasteiger partial charge in [0, 0.05) is 6.54 Å². The highest BCUT2D eigenvalue weighted by atomic mass is 15.0. The summed E-state index contributed by atoms with van der Waals surface area (Å²) in [4.78, 5) is 4.20. The molecule has 0 atom stereocenters. The van der Waals surface area contributed by atoms with Crippen LogP contribution < -0.4 is 5.32 Å². The van der Waals surface area contributed by atoms with Crippen molar-refractivity contribution in [1.82, 2.24) is 4.98 Å². The predicted octanol–water partition coefficient (Wildman–Crippen LogP) is 3.44. The van der Waals surface area contributed by atoms with Crippen molar-refractivity contribution in [1.29, 1.82) is 5.26 Å². The number of nitrogens with zero attached hydrogens (tertiary/aromatic N) is 2. The van der Waals surface area contributed by atoms with E-state index < -0.39 is 0 Å². The van der Waals surface area contributed by atoms with Crippen LogP contribution in [0.3, 0.4) is 0 Å². The lowest BCUT2D eigenvalue weighted by Crippen LogP contribution is -2.25. The van der Waals surface area contributed by atoms with Crippen molar-refractivity contribution in [2.24, 2.45) is 11.3 Å². The van der Waals surface area contributed by atoms with Crippen molar-refractivity contribution in [2.45, 2.75) is 34.1 Å². The van der Waals surface area contributed by atoms with Gasteiger partial charge in [-0.15, -0.1) is 0 Å². The molecule has 17 heavy (non-hydrogen) atoms. The highest BCUT2D eigenvalue weighted by molar-refractivity contribution is 5.38. The van der Waals surface area contributed by atoms with Crippen molar-refractivity contribution >= 4 is 5.82 Å². The molecule has 1 aromatic heterocycles. The molecule has 0 bridgehead atoms. The van der Waals surface area contributed by atoms with Crippen LogP contribution in [0.2, 0.25) is 0 Å². The summed E-state index contributed by atoms with van der Waals surface area (Å²) in [6.45, 7) is 9.82. The molecule has 0 aliphatic carbocycles. The summed E-state index contributed by atoms with van der Waals surface area (Å²) in [5.74, 6) is 1.46. The first-order chi connectivity index (χ1) is 7.93. The Morgan fingerprint density at radius 3 is 2.71 bits per heavy atom. The van der Waals surface area contributed by atoms with E-state index in [4.69, 9.17) is 5.26 Å². The Kier molecular flexibility index (Phi) is 4.51. The zero-order chi connectivity index (χ0) is 12.9. The molecule has 1 rings (SSSR count). The van der Waals surface area contributed by atoms with Gasteiger partial charge in [-0.05, 0) is 29.9 Å². The second-order valence-electron chi connectivity index (χ2n) is 5.64. The average molecular weight is 231 g/mol. The fraction of sp³-hybridized carbons (Fsp3) is 0.571. The summed E-state index contributed by atoms with van der Waals surface area (Å²) in [6.07, 6.45) is 1.16. The molecular weight excluding hydrogens is 210 g/mol. The van der Waals surface area contributed by atoms with Gasteiger partial charge in [0.15, 0.2) is 0 Å². The maximum absolute atomic E-state index is 8.77. The Hall–Kier alpha value is -1.56. The van der Waals surface area contributed by atoms with Gasteiger partial charge in [0.2, 0.25) is 0 Å². The van der Waals surface area contributed by atoms with Crippen LogP contribution in [0.5, 0.6) is 0 Å². The van der Waals surface area contributed by atoms with Gasteiger partial charge in [-0.2, -0.15) is 5.26 Å². The lowest BCUT2D eigenvalue weighted by Gasteiger charge is -2.27. The SMILES string of the molecule is CC(C)CC(C)(C)CNc1cccc(C#N)n1. The van der Waals surface area contributed by atoms with Gasteiger partial charge in [0.05, 0.1) is 0 Å². The second kappa shape index (κ2) is 5.67. The van der Waals surface area contributed by atoms with Crippen LogP contribution in [0.1, 0.15) is 39.8 Å². The van der Waals surface area contributed by atoms with Gasteiger partial charge >= 0.3 is 0 Å². The van der Waals surface area contributed by atoms with Gasteiger partial charge in [-0.25, -0.2) is 4.98 Å². The molecule has 0 amide bonds. The Morgan fingerprint density at radius 2 is 2.12 bits per heavy atom. The third-order valence-electron chi connectivity index (χ3n) is 2.57. The molecule has 0 unspecified atom stereocenters. The summed E-state index contributed by atoms with van der Waals surface area (Å²) in [5.41, 5.74) is 0.690. The molecule has 0 spiro atoms. The molecule has 0 saturated heterocycles. The minimum absolute atomic E-state index is 0.235. The number of nitriles is 1. The lowest BCUT2D eigenvalue weighted by molar-refractivity contribution is 0.306. The quantitative estimate of drug-likeness (QED) is 0.844. The van der Waals surface area contributed by atoms with Crippen LogP contribution in [-0.2, 0) is 0 Å². The molecule has 0 radical (unpaired) electrons. The number of rotatable bonds is 5. The number of anilines is 1. The predicted molar refractivity (Wildman–Crippen MR) is 70.7 cm³/mol. The Bertz CT molecular complexity index is 402. The first-order valence-electron chi connectivity index (χ1n) is 6.04. The van der Waals surface area contributed by atoms with Gasteiger partial charge < -0.3 is 5.32 Å². The fourth-order valence-electron chi connectivity index (χ4n) is 2.10. The summed E-state index contributed by atoms with van der Waals surface area (Å²) >= 11 is 0. The lowest BCUT2D eigenvalue weighted by atomic mass is 9.84. The largest absolute Gasteiger partial charge is 0.369 e. The van der Waals surface area contributed by atoms with Crippen molar-refractivity contribution in [2.75, 3.05) is 11.9 Å². The van der Waals surface area contributed by atoms with Crippen molar-refractivity contribution < 1.29 is 0 Å². The molecule has 0 fully saturated rings. The van der Waals surface area contributed by atoms with Crippen LogP contribution >= 0.6 is 0 Å². The summed E-state index contributed by atoms with van der Waals surface area (Å²) in [6, 6.07) is 7.50. The smallest absolute Gasteiger partial charge is 0.142 e. The normalized spacial score (nSPS) is 11.3. The maximum Gasteiger partial charge on any atom is 0.142 e. The van der Waals surface area contributed by atoms with Crippen molar-refractivity contribution in [3.8, 4) is 6.07 Å². The molecular formula is C14H21N3. The third-order valence-corrected chi connectivity index (χ3v) is 2.57. The summed E-state index contributed by atoms with van der Waals surface area (Å²) in [7, 11) is 0. The number of hydrogen-bond acceptors (Lipinski definition) is 3. The zero-order valence-corrected chi connectivity index (χ0v) is 11.1. The second-order valence-corrected chi connectivity index (χ2v) is 5.64. The monoisotopic (exact) mass is 231 g/mol. The average Bonchev–Trinajstić information content (AvgIpc) is 2.25. The van der Waals surface area contributed by atoms with E-state index in [1.54, 1.807) is 6.07 Å². The highest BCUT2D eigenvalue weighted by Gasteiger charge is 2.19. The van der Waals surface area contributed by atoms with Crippen molar-refractivity contribution in [3.05, 3.63) is 23.9 Å². The summed E-state index contributed by atoms with van der Waals surface area (Å²) in [5, 5.41) is 12.1. The van der Waals surface area contributed by atoms with Gasteiger partial charge in [-0.3, -0.25) is 0 Å². The maximum atomic E-state index is 8.77. The summed E-state index contributed by atoms with van der Waals surface area (Å²) < 4.78 is 0. The van der Waals surface area contributed by atoms with E-state index in [2.05, 4.69) is 38.0 Å². The first-order valence-corrected chi connectivity index (χ1v) is 6.04. The Morgan fingerprint density at radius 1 is 1.41 bits per heavy atom. The molecule has 0 saturated carbocycles. The molecule has 3 heteroatoms. The Labute approximate surface area is 104 Å². The van der Waals surface area contributed by atoms with E-state index in [9.17, 15) is 0 Å². The van der Waals surface area contributed by atoms with E-state index in [0.717, 1.165) is 18.8 Å². The van der Waals surface area contributed by atoms with Gasteiger partial charge in [0.1, 0.15) is 17.6 Å². The fourth-order valence-corrected chi connectivity index (χ4v) is 2.10. The van der Waals surface area contributed by atoms with Crippen LogP contribution in [-0.4, -0.2) is 11.5 Å². The minimum atomic E-state index is 0.235. The molecule has 1 N–H and O–H groups in total. The minimum Gasteiger partial charge on any atom is -0.369 e. The standard InChI is InChI=1S/C14H21N3/c1-11(2)8-14(3,4)10-16-13-7-5-6-12(9-15)17-13/h5-7,11H,8,10H2,1-4H3,(H,16,17). The first kappa shape index (κ1) is 13.5. The highest BCUT2D eigenvalue weighted by Crippen LogP contribution is 2.25. The van der Waals surface area contributed by atoms with E-state index in [0.29, 0.717) is 11.6 Å². The number of hydrogen-bond donors (Lipinski definition) is 1. The zero-order valence-electron chi connectivity index (χ0n) is 11.1. The van der Waals surface area contributed by atoms with E-state index in [1.807, 2.05) is 18.2 Å². The van der Waals surface area contributed by atoms with Crippen LogP contribution in [0.25, 0.3) is 0 Å². The molecule has 0 aliphatic heterocycles. The number of pyridine rings is 1.